The van der Waals surface area contributed by atoms with Crippen LogP contribution in [-0.4, -0.2) is 12.3 Å². The average molecular weight is 269 g/mol. The van der Waals surface area contributed by atoms with Crippen LogP contribution in [0.15, 0.2) is 53.5 Å². The number of nitrogens with zero attached hydrogens (tertiary/aromatic N) is 2. The predicted molar refractivity (Wildman–Crippen MR) is 79.6 cm³/mol. The Kier molecular flexibility index (Phi) is 3.42. The number of fused-ring (bicyclic) bond motifs is 1. The largest absolute Gasteiger partial charge is 0.496 e. The summed E-state index contributed by atoms with van der Waals surface area (Å²) >= 11 is 1.63. The molecule has 2 aromatic rings. The fourth-order valence-electron chi connectivity index (χ4n) is 1.91. The minimum Gasteiger partial charge on any atom is -0.496 e. The Morgan fingerprint density at radius 2 is 1.74 bits per heavy atom. The molecular weight excluding hydrogens is 256 g/mol. The van der Waals surface area contributed by atoms with Crippen molar-refractivity contribution in [1.29, 1.82) is 0 Å². The minimum absolute atomic E-state index is 0.806. The van der Waals surface area contributed by atoms with Gasteiger partial charge in [0.25, 0.3) is 0 Å². The van der Waals surface area contributed by atoms with Crippen molar-refractivity contribution in [2.75, 3.05) is 7.11 Å². The lowest BCUT2D eigenvalue weighted by Crippen LogP contribution is -2.01. The molecule has 2 aromatic carbocycles. The summed E-state index contributed by atoms with van der Waals surface area (Å²) < 4.78 is 5.34. The van der Waals surface area contributed by atoms with Crippen molar-refractivity contribution in [2.24, 2.45) is 4.99 Å². The van der Waals surface area contributed by atoms with Crippen molar-refractivity contribution in [1.82, 2.24) is 5.32 Å². The van der Waals surface area contributed by atoms with Gasteiger partial charge in [0.15, 0.2) is 5.17 Å². The van der Waals surface area contributed by atoms with E-state index in [2.05, 4.69) is 16.4 Å². The quantitative estimate of drug-likeness (QED) is 0.848. The molecule has 1 aliphatic rings. The Balaban J connectivity index is 1.69. The first-order chi connectivity index (χ1) is 9.36. The van der Waals surface area contributed by atoms with E-state index in [9.17, 15) is 0 Å². The number of para-hydroxylation sites is 3. The summed E-state index contributed by atoms with van der Waals surface area (Å²) in [6.45, 7) is 0. The van der Waals surface area contributed by atoms with Crippen LogP contribution in [-0.2, 0) is 5.75 Å². The molecular formula is C15H13N2OS. The van der Waals surface area contributed by atoms with Gasteiger partial charge in [-0.3, -0.25) is 0 Å². The molecule has 0 saturated carbocycles. The van der Waals surface area contributed by atoms with E-state index in [0.717, 1.165) is 33.6 Å². The Bertz CT molecular complexity index is 625. The van der Waals surface area contributed by atoms with Gasteiger partial charge in [-0.25, -0.2) is 10.3 Å². The maximum absolute atomic E-state index is 5.34. The number of hydrogen-bond acceptors (Lipinski definition) is 3. The van der Waals surface area contributed by atoms with E-state index in [4.69, 9.17) is 4.74 Å². The molecule has 0 N–H and O–H groups in total. The molecule has 1 heterocycles. The van der Waals surface area contributed by atoms with Gasteiger partial charge < -0.3 is 4.74 Å². The Morgan fingerprint density at radius 1 is 1.00 bits per heavy atom. The molecule has 0 atom stereocenters. The highest BCUT2D eigenvalue weighted by atomic mass is 32.2. The van der Waals surface area contributed by atoms with Gasteiger partial charge in [-0.05, 0) is 18.2 Å². The van der Waals surface area contributed by atoms with Crippen LogP contribution in [0.3, 0.4) is 0 Å². The molecule has 3 nitrogen and oxygen atoms in total. The molecule has 0 unspecified atom stereocenters. The van der Waals surface area contributed by atoms with E-state index in [-0.39, 0.29) is 0 Å². The van der Waals surface area contributed by atoms with Crippen LogP contribution in [0.2, 0.25) is 0 Å². The van der Waals surface area contributed by atoms with Gasteiger partial charge in [0, 0.05) is 11.3 Å². The summed E-state index contributed by atoms with van der Waals surface area (Å²) in [6.07, 6.45) is 0. The number of thioether (sulfide) groups is 1. The fraction of sp³-hybridized carbons (Fsp3) is 0.133. The van der Waals surface area contributed by atoms with Gasteiger partial charge in [-0.2, -0.15) is 0 Å². The number of benzene rings is 2. The second-order valence-electron chi connectivity index (χ2n) is 4.10. The normalized spacial score (nSPS) is 12.6. The van der Waals surface area contributed by atoms with Crippen LogP contribution in [0, 0.1) is 0 Å². The Hall–Kier alpha value is -1.94. The topological polar surface area (TPSA) is 35.7 Å². The molecule has 19 heavy (non-hydrogen) atoms. The Morgan fingerprint density at radius 3 is 2.53 bits per heavy atom. The van der Waals surface area contributed by atoms with Crippen molar-refractivity contribution in [2.45, 2.75) is 5.75 Å². The van der Waals surface area contributed by atoms with E-state index in [1.54, 1.807) is 18.9 Å². The van der Waals surface area contributed by atoms with E-state index >= 15 is 0 Å². The maximum atomic E-state index is 5.34. The van der Waals surface area contributed by atoms with Crippen molar-refractivity contribution in [3.05, 3.63) is 54.1 Å². The van der Waals surface area contributed by atoms with E-state index in [1.807, 2.05) is 42.5 Å². The number of methoxy groups -OCH3 is 1. The molecule has 0 aromatic heterocycles. The maximum Gasteiger partial charge on any atom is 0.189 e. The lowest BCUT2D eigenvalue weighted by Gasteiger charge is -2.07. The summed E-state index contributed by atoms with van der Waals surface area (Å²) in [4.78, 5) is 4.49. The van der Waals surface area contributed by atoms with Crippen LogP contribution in [0.1, 0.15) is 5.56 Å². The van der Waals surface area contributed by atoms with Crippen molar-refractivity contribution >= 4 is 28.3 Å². The van der Waals surface area contributed by atoms with Gasteiger partial charge in [0.2, 0.25) is 0 Å². The summed E-state index contributed by atoms with van der Waals surface area (Å²) in [5.41, 5.74) is 3.05. The van der Waals surface area contributed by atoms with Gasteiger partial charge in [0.1, 0.15) is 5.75 Å². The molecule has 0 saturated heterocycles. The highest BCUT2D eigenvalue weighted by Gasteiger charge is 2.15. The number of rotatable bonds is 3. The van der Waals surface area contributed by atoms with E-state index in [1.165, 1.54) is 0 Å². The van der Waals surface area contributed by atoms with Gasteiger partial charge in [-0.15, -0.1) is 0 Å². The highest BCUT2D eigenvalue weighted by Crippen LogP contribution is 2.34. The fourth-order valence-corrected chi connectivity index (χ4v) is 2.76. The zero-order valence-electron chi connectivity index (χ0n) is 10.5. The molecule has 0 fully saturated rings. The third-order valence-electron chi connectivity index (χ3n) is 2.86. The van der Waals surface area contributed by atoms with Crippen molar-refractivity contribution < 1.29 is 4.74 Å². The highest BCUT2D eigenvalue weighted by molar-refractivity contribution is 8.13. The molecule has 0 spiro atoms. The lowest BCUT2D eigenvalue weighted by atomic mass is 10.2. The lowest BCUT2D eigenvalue weighted by molar-refractivity contribution is 0.411. The molecule has 1 aliphatic heterocycles. The summed E-state index contributed by atoms with van der Waals surface area (Å²) in [7, 11) is 1.69. The molecule has 4 heteroatoms. The molecule has 0 amide bonds. The number of aliphatic imine (C=N–C) groups is 1. The minimum atomic E-state index is 0.806. The third kappa shape index (κ3) is 2.58. The second-order valence-corrected chi connectivity index (χ2v) is 5.04. The van der Waals surface area contributed by atoms with Gasteiger partial charge >= 0.3 is 0 Å². The van der Waals surface area contributed by atoms with Gasteiger partial charge in [0.05, 0.1) is 18.5 Å². The van der Waals surface area contributed by atoms with Crippen molar-refractivity contribution in [3.63, 3.8) is 0 Å². The number of ether oxygens (including phenoxy) is 1. The molecule has 95 valence electrons. The van der Waals surface area contributed by atoms with Crippen LogP contribution in [0.4, 0.5) is 11.4 Å². The first kappa shape index (κ1) is 12.1. The smallest absolute Gasteiger partial charge is 0.189 e. The van der Waals surface area contributed by atoms with Crippen LogP contribution < -0.4 is 10.1 Å². The van der Waals surface area contributed by atoms with Crippen molar-refractivity contribution in [3.8, 4) is 5.75 Å². The molecule has 3 rings (SSSR count). The van der Waals surface area contributed by atoms with Crippen LogP contribution >= 0.6 is 11.8 Å². The summed E-state index contributed by atoms with van der Waals surface area (Å²) in [5, 5.41) is 5.31. The average Bonchev–Trinajstić information content (AvgIpc) is 2.88. The molecule has 0 aliphatic carbocycles. The molecule has 0 bridgehead atoms. The van der Waals surface area contributed by atoms with Crippen LogP contribution in [0.25, 0.3) is 0 Å². The van der Waals surface area contributed by atoms with E-state index < -0.39 is 0 Å². The van der Waals surface area contributed by atoms with Gasteiger partial charge in [-0.1, -0.05) is 42.1 Å². The van der Waals surface area contributed by atoms with Crippen LogP contribution in [0.5, 0.6) is 5.75 Å². The van der Waals surface area contributed by atoms with E-state index in [0.29, 0.717) is 0 Å². The zero-order chi connectivity index (χ0) is 13.1. The summed E-state index contributed by atoms with van der Waals surface area (Å²) in [5.74, 6) is 1.71. The Labute approximate surface area is 116 Å². The SMILES string of the molecule is COc1ccccc1CSC1=Nc2ccccc2[N]1. The second kappa shape index (κ2) is 5.36. The summed E-state index contributed by atoms with van der Waals surface area (Å²) in [6, 6.07) is 15.9. The standard InChI is InChI=1S/C15H13N2OS/c1-18-14-9-5-2-6-11(14)10-19-15-16-12-7-3-4-8-13(12)17-15/h2-9H,10H2,1H3. The number of amidine groups is 1. The monoisotopic (exact) mass is 269 g/mol. The predicted octanol–water partition coefficient (Wildman–Crippen LogP) is 3.87. The zero-order valence-corrected chi connectivity index (χ0v) is 11.4. The number of hydrogen-bond donors (Lipinski definition) is 0. The first-order valence-electron chi connectivity index (χ1n) is 6.01. The first-order valence-corrected chi connectivity index (χ1v) is 6.99. The third-order valence-corrected chi connectivity index (χ3v) is 3.76. The molecule has 1 radical (unpaired) electrons.